The third-order valence-corrected chi connectivity index (χ3v) is 4.47. The van der Waals surface area contributed by atoms with Crippen LogP contribution < -0.4 is 5.32 Å². The van der Waals surface area contributed by atoms with Crippen molar-refractivity contribution in [2.24, 2.45) is 11.8 Å². The van der Waals surface area contributed by atoms with Gasteiger partial charge in [0, 0.05) is 19.1 Å². The van der Waals surface area contributed by atoms with Gasteiger partial charge in [0.1, 0.15) is 0 Å². The molecule has 0 spiro atoms. The van der Waals surface area contributed by atoms with E-state index in [0.717, 1.165) is 32.0 Å². The molecule has 1 N–H and O–H groups in total. The van der Waals surface area contributed by atoms with Crippen molar-refractivity contribution in [1.82, 2.24) is 10.2 Å². The molecule has 98 valence electrons. The Bertz CT molecular complexity index is 259. The van der Waals surface area contributed by atoms with Crippen molar-refractivity contribution in [2.45, 2.75) is 52.0 Å². The highest BCUT2D eigenvalue weighted by Crippen LogP contribution is 2.25. The zero-order valence-electron chi connectivity index (χ0n) is 11.2. The molecule has 2 saturated heterocycles. The first-order chi connectivity index (χ1) is 8.22. The van der Waals surface area contributed by atoms with Gasteiger partial charge in [0.2, 0.25) is 5.91 Å². The van der Waals surface area contributed by atoms with Crippen LogP contribution in [-0.4, -0.2) is 36.5 Å². The van der Waals surface area contributed by atoms with E-state index in [2.05, 4.69) is 24.1 Å². The number of rotatable bonds is 3. The van der Waals surface area contributed by atoms with Gasteiger partial charge in [0.25, 0.3) is 0 Å². The summed E-state index contributed by atoms with van der Waals surface area (Å²) < 4.78 is 0. The lowest BCUT2D eigenvalue weighted by Gasteiger charge is -2.34. The van der Waals surface area contributed by atoms with Gasteiger partial charge >= 0.3 is 0 Å². The molecule has 2 unspecified atom stereocenters. The maximum atomic E-state index is 12.4. The first-order valence-corrected chi connectivity index (χ1v) is 7.24. The third kappa shape index (κ3) is 3.01. The lowest BCUT2D eigenvalue weighted by molar-refractivity contribution is -0.137. The van der Waals surface area contributed by atoms with Crippen LogP contribution in [0.2, 0.25) is 0 Å². The molecular weight excluding hydrogens is 212 g/mol. The number of carbonyl (C=O) groups is 1. The summed E-state index contributed by atoms with van der Waals surface area (Å²) in [5.41, 5.74) is 0. The van der Waals surface area contributed by atoms with E-state index in [1.807, 2.05) is 0 Å². The monoisotopic (exact) mass is 238 g/mol. The van der Waals surface area contributed by atoms with Crippen molar-refractivity contribution in [3.63, 3.8) is 0 Å². The number of nitrogens with zero attached hydrogens (tertiary/aromatic N) is 1. The number of hydrogen-bond acceptors (Lipinski definition) is 2. The second-order valence-corrected chi connectivity index (χ2v) is 5.70. The van der Waals surface area contributed by atoms with Crippen LogP contribution in [0.5, 0.6) is 0 Å². The minimum Gasteiger partial charge on any atom is -0.342 e. The maximum Gasteiger partial charge on any atom is 0.227 e. The SMILES string of the molecule is CCCC1CCN(C(=O)C2CCNC2C)CC1. The average molecular weight is 238 g/mol. The number of hydrogen-bond donors (Lipinski definition) is 1. The zero-order chi connectivity index (χ0) is 12.3. The van der Waals surface area contributed by atoms with E-state index in [-0.39, 0.29) is 5.92 Å². The van der Waals surface area contributed by atoms with Crippen molar-refractivity contribution < 1.29 is 4.79 Å². The van der Waals surface area contributed by atoms with Crippen molar-refractivity contribution in [2.75, 3.05) is 19.6 Å². The highest BCUT2D eigenvalue weighted by molar-refractivity contribution is 5.80. The number of likely N-dealkylation sites (tertiary alicyclic amines) is 1. The molecule has 2 fully saturated rings. The topological polar surface area (TPSA) is 32.3 Å². The number of nitrogens with one attached hydrogen (secondary N) is 1. The van der Waals surface area contributed by atoms with Crippen LogP contribution in [0.4, 0.5) is 0 Å². The zero-order valence-corrected chi connectivity index (χ0v) is 11.2. The Morgan fingerprint density at radius 1 is 1.29 bits per heavy atom. The highest BCUT2D eigenvalue weighted by atomic mass is 16.2. The van der Waals surface area contributed by atoms with E-state index in [9.17, 15) is 4.79 Å². The molecule has 0 bridgehead atoms. The van der Waals surface area contributed by atoms with Crippen LogP contribution >= 0.6 is 0 Å². The summed E-state index contributed by atoms with van der Waals surface area (Å²) in [6.07, 6.45) is 6.07. The molecular formula is C14H26N2O. The van der Waals surface area contributed by atoms with E-state index < -0.39 is 0 Å². The Hall–Kier alpha value is -0.570. The molecule has 3 nitrogen and oxygen atoms in total. The Kier molecular flexibility index (Phi) is 4.43. The summed E-state index contributed by atoms with van der Waals surface area (Å²) in [6, 6.07) is 0.371. The molecule has 2 atom stereocenters. The van der Waals surface area contributed by atoms with Gasteiger partial charge in [-0.1, -0.05) is 19.8 Å². The van der Waals surface area contributed by atoms with Gasteiger partial charge in [0.15, 0.2) is 0 Å². The van der Waals surface area contributed by atoms with Gasteiger partial charge < -0.3 is 10.2 Å². The Labute approximate surface area is 105 Å². The van der Waals surface area contributed by atoms with Gasteiger partial charge in [-0.05, 0) is 38.6 Å². The standard InChI is InChI=1S/C14H26N2O/c1-3-4-12-6-9-16(10-7-12)14(17)13-5-8-15-11(13)2/h11-13,15H,3-10H2,1-2H3. The highest BCUT2D eigenvalue weighted by Gasteiger charge is 2.33. The summed E-state index contributed by atoms with van der Waals surface area (Å²) in [5, 5.41) is 3.37. The summed E-state index contributed by atoms with van der Waals surface area (Å²) in [5.74, 6) is 1.50. The largest absolute Gasteiger partial charge is 0.342 e. The Balaban J connectivity index is 1.82. The summed E-state index contributed by atoms with van der Waals surface area (Å²) in [4.78, 5) is 14.5. The summed E-state index contributed by atoms with van der Waals surface area (Å²) >= 11 is 0. The van der Waals surface area contributed by atoms with Crippen LogP contribution in [0.15, 0.2) is 0 Å². The van der Waals surface area contributed by atoms with Crippen LogP contribution in [0.3, 0.4) is 0 Å². The third-order valence-electron chi connectivity index (χ3n) is 4.47. The van der Waals surface area contributed by atoms with Crippen molar-refractivity contribution in [3.05, 3.63) is 0 Å². The summed E-state index contributed by atoms with van der Waals surface area (Å²) in [7, 11) is 0. The van der Waals surface area contributed by atoms with E-state index in [4.69, 9.17) is 0 Å². The fourth-order valence-corrected chi connectivity index (χ4v) is 3.28. The minimum absolute atomic E-state index is 0.234. The van der Waals surface area contributed by atoms with Crippen LogP contribution in [0.25, 0.3) is 0 Å². The molecule has 0 aliphatic carbocycles. The van der Waals surface area contributed by atoms with Gasteiger partial charge in [-0.25, -0.2) is 0 Å². The Morgan fingerprint density at radius 3 is 2.53 bits per heavy atom. The van der Waals surface area contributed by atoms with Crippen LogP contribution in [-0.2, 0) is 4.79 Å². The molecule has 2 heterocycles. The average Bonchev–Trinajstić information content (AvgIpc) is 2.76. The number of piperidine rings is 1. The number of amides is 1. The van der Waals surface area contributed by atoms with Gasteiger partial charge in [-0.3, -0.25) is 4.79 Å². The molecule has 2 aliphatic heterocycles. The van der Waals surface area contributed by atoms with E-state index in [0.29, 0.717) is 11.9 Å². The molecule has 2 aliphatic rings. The first-order valence-electron chi connectivity index (χ1n) is 7.24. The number of carbonyl (C=O) groups excluding carboxylic acids is 1. The van der Waals surface area contributed by atoms with Gasteiger partial charge in [-0.2, -0.15) is 0 Å². The van der Waals surface area contributed by atoms with Crippen molar-refractivity contribution >= 4 is 5.91 Å². The predicted octanol–water partition coefficient (Wildman–Crippen LogP) is 2.02. The molecule has 0 radical (unpaired) electrons. The molecule has 1 amide bonds. The molecule has 0 aromatic rings. The van der Waals surface area contributed by atoms with Crippen LogP contribution in [0.1, 0.15) is 46.0 Å². The van der Waals surface area contributed by atoms with Gasteiger partial charge in [0.05, 0.1) is 5.92 Å². The molecule has 3 heteroatoms. The molecule has 0 aromatic heterocycles. The van der Waals surface area contributed by atoms with E-state index >= 15 is 0 Å². The minimum atomic E-state index is 0.234. The first kappa shape index (κ1) is 12.9. The van der Waals surface area contributed by atoms with Gasteiger partial charge in [-0.15, -0.1) is 0 Å². The summed E-state index contributed by atoms with van der Waals surface area (Å²) in [6.45, 7) is 7.38. The Morgan fingerprint density at radius 2 is 2.00 bits per heavy atom. The quantitative estimate of drug-likeness (QED) is 0.816. The molecule has 2 rings (SSSR count). The fourth-order valence-electron chi connectivity index (χ4n) is 3.28. The van der Waals surface area contributed by atoms with Crippen LogP contribution in [0, 0.1) is 11.8 Å². The maximum absolute atomic E-state index is 12.4. The van der Waals surface area contributed by atoms with E-state index in [1.165, 1.54) is 25.7 Å². The second kappa shape index (κ2) is 5.85. The van der Waals surface area contributed by atoms with Crippen molar-refractivity contribution in [3.8, 4) is 0 Å². The predicted molar refractivity (Wildman–Crippen MR) is 69.8 cm³/mol. The van der Waals surface area contributed by atoms with E-state index in [1.54, 1.807) is 0 Å². The smallest absolute Gasteiger partial charge is 0.227 e. The molecule has 0 aromatic carbocycles. The molecule has 17 heavy (non-hydrogen) atoms. The lowest BCUT2D eigenvalue weighted by Crippen LogP contribution is -2.44. The lowest BCUT2D eigenvalue weighted by atomic mass is 9.91. The second-order valence-electron chi connectivity index (χ2n) is 5.70. The normalized spacial score (nSPS) is 30.8. The van der Waals surface area contributed by atoms with Crippen molar-refractivity contribution in [1.29, 1.82) is 0 Å². The fraction of sp³-hybridized carbons (Fsp3) is 0.929. The molecule has 0 saturated carbocycles.